The fourth-order valence-electron chi connectivity index (χ4n) is 3.68. The second-order valence-corrected chi connectivity index (χ2v) is 9.44. The summed E-state index contributed by atoms with van der Waals surface area (Å²) in [7, 11) is 0. The molecule has 2 heterocycles. The number of rotatable bonds is 7. The molecule has 0 unspecified atom stereocenters. The summed E-state index contributed by atoms with van der Waals surface area (Å²) in [4.78, 5) is 14.0. The third kappa shape index (κ3) is 5.42. The van der Waals surface area contributed by atoms with Gasteiger partial charge in [-0.15, -0.1) is 16.4 Å². The molecule has 0 bridgehead atoms. The third-order valence-electron chi connectivity index (χ3n) is 5.63. The van der Waals surface area contributed by atoms with Gasteiger partial charge in [0.1, 0.15) is 5.69 Å². The summed E-state index contributed by atoms with van der Waals surface area (Å²) in [5.41, 5.74) is 11.6. The number of aryl methyl sites for hydroxylation is 2. The van der Waals surface area contributed by atoms with Crippen molar-refractivity contribution in [3.63, 3.8) is 0 Å². The van der Waals surface area contributed by atoms with Crippen molar-refractivity contribution in [3.05, 3.63) is 107 Å². The van der Waals surface area contributed by atoms with Crippen LogP contribution in [0.5, 0.6) is 0 Å². The van der Waals surface area contributed by atoms with Gasteiger partial charge in [0.25, 0.3) is 5.91 Å². The lowest BCUT2D eigenvalue weighted by molar-refractivity contribution is 0.102. The van der Waals surface area contributed by atoms with Crippen molar-refractivity contribution in [2.24, 2.45) is 0 Å². The van der Waals surface area contributed by atoms with Crippen LogP contribution >= 0.6 is 22.9 Å². The van der Waals surface area contributed by atoms with Crippen LogP contribution in [0, 0.1) is 0 Å². The summed E-state index contributed by atoms with van der Waals surface area (Å²) in [5, 5.41) is 14.2. The van der Waals surface area contributed by atoms with Crippen molar-refractivity contribution in [1.29, 1.82) is 0 Å². The Kier molecular flexibility index (Phi) is 6.61. The van der Waals surface area contributed by atoms with E-state index >= 15 is 0 Å². The molecular weight excluding hydrogens is 478 g/mol. The number of halogens is 1. The first kappa shape index (κ1) is 22.8. The monoisotopic (exact) mass is 499 g/mol. The van der Waals surface area contributed by atoms with E-state index < -0.39 is 0 Å². The molecular formula is C27H22ClN5OS. The van der Waals surface area contributed by atoms with E-state index in [1.165, 1.54) is 5.56 Å². The second-order valence-electron chi connectivity index (χ2n) is 8.05. The molecule has 0 spiro atoms. The number of thiophene rings is 1. The van der Waals surface area contributed by atoms with Crippen molar-refractivity contribution in [3.8, 4) is 21.7 Å². The number of aromatic nitrogens is 3. The number of nitrogens with two attached hydrogens (primary N) is 1. The Morgan fingerprint density at radius 2 is 1.77 bits per heavy atom. The maximum absolute atomic E-state index is 12.9. The van der Waals surface area contributed by atoms with E-state index in [1.807, 2.05) is 83.0 Å². The molecule has 5 rings (SSSR count). The molecule has 2 aromatic heterocycles. The molecule has 6 nitrogen and oxygen atoms in total. The van der Waals surface area contributed by atoms with Crippen molar-refractivity contribution in [2.45, 2.75) is 13.0 Å². The van der Waals surface area contributed by atoms with Crippen LogP contribution in [-0.4, -0.2) is 20.9 Å². The van der Waals surface area contributed by atoms with E-state index in [1.54, 1.807) is 23.5 Å². The maximum atomic E-state index is 12.9. The van der Waals surface area contributed by atoms with Gasteiger partial charge in [0.2, 0.25) is 0 Å². The smallest absolute Gasteiger partial charge is 0.255 e. The molecule has 0 aliphatic rings. The van der Waals surface area contributed by atoms with Crippen LogP contribution in [0.4, 0.5) is 11.4 Å². The van der Waals surface area contributed by atoms with Crippen molar-refractivity contribution in [1.82, 2.24) is 15.0 Å². The largest absolute Gasteiger partial charge is 0.397 e. The molecule has 0 saturated carbocycles. The highest BCUT2D eigenvalue weighted by Crippen LogP contribution is 2.30. The van der Waals surface area contributed by atoms with Crippen LogP contribution in [0.25, 0.3) is 21.7 Å². The fourth-order valence-corrected chi connectivity index (χ4v) is 4.53. The summed E-state index contributed by atoms with van der Waals surface area (Å²) in [6.07, 6.45) is 2.73. The highest BCUT2D eigenvalue weighted by atomic mass is 35.5. The number of nitrogen functional groups attached to an aromatic ring is 1. The lowest BCUT2D eigenvalue weighted by Gasteiger charge is -2.10. The summed E-state index contributed by atoms with van der Waals surface area (Å²) in [6.45, 7) is 0.709. The highest BCUT2D eigenvalue weighted by molar-refractivity contribution is 7.13. The van der Waals surface area contributed by atoms with Crippen molar-refractivity contribution >= 4 is 40.2 Å². The highest BCUT2D eigenvalue weighted by Gasteiger charge is 2.11. The first-order valence-electron chi connectivity index (χ1n) is 11.0. The van der Waals surface area contributed by atoms with Gasteiger partial charge in [-0.3, -0.25) is 9.48 Å². The lowest BCUT2D eigenvalue weighted by atomic mass is 10.1. The van der Waals surface area contributed by atoms with Crippen LogP contribution in [0.1, 0.15) is 15.9 Å². The predicted molar refractivity (Wildman–Crippen MR) is 143 cm³/mol. The second kappa shape index (κ2) is 10.1. The van der Waals surface area contributed by atoms with Gasteiger partial charge >= 0.3 is 0 Å². The Balaban J connectivity index is 1.24. The zero-order valence-corrected chi connectivity index (χ0v) is 20.3. The van der Waals surface area contributed by atoms with Gasteiger partial charge in [-0.05, 0) is 65.4 Å². The summed E-state index contributed by atoms with van der Waals surface area (Å²) < 4.78 is 1.81. The molecule has 0 saturated heterocycles. The first-order valence-corrected chi connectivity index (χ1v) is 12.3. The normalized spacial score (nSPS) is 10.9. The number of benzene rings is 3. The number of amides is 1. The summed E-state index contributed by atoms with van der Waals surface area (Å²) in [6, 6.07) is 24.8. The van der Waals surface area contributed by atoms with Crippen molar-refractivity contribution in [2.75, 3.05) is 11.1 Å². The van der Waals surface area contributed by atoms with Gasteiger partial charge in [-0.25, -0.2) is 0 Å². The number of anilines is 2. The van der Waals surface area contributed by atoms with Gasteiger partial charge < -0.3 is 11.1 Å². The number of nitrogens with zero attached hydrogens (tertiary/aromatic N) is 3. The van der Waals surface area contributed by atoms with Crippen LogP contribution in [0.3, 0.4) is 0 Å². The SMILES string of the molecule is Nc1ccc(-c2cccs2)cc1NC(=O)c1ccc(-c2cn(CCc3ccc(Cl)cc3)nn2)cc1. The molecule has 5 aromatic rings. The zero-order valence-electron chi connectivity index (χ0n) is 18.7. The maximum Gasteiger partial charge on any atom is 0.255 e. The van der Waals surface area contributed by atoms with E-state index in [4.69, 9.17) is 17.3 Å². The van der Waals surface area contributed by atoms with Gasteiger partial charge in [0.05, 0.1) is 17.6 Å². The number of hydrogen-bond acceptors (Lipinski definition) is 5. The van der Waals surface area contributed by atoms with Crippen LogP contribution in [0.15, 0.2) is 90.4 Å². The number of nitrogens with one attached hydrogen (secondary N) is 1. The van der Waals surface area contributed by atoms with Gasteiger partial charge in [0.15, 0.2) is 0 Å². The van der Waals surface area contributed by atoms with Crippen molar-refractivity contribution < 1.29 is 4.79 Å². The van der Waals surface area contributed by atoms with Crippen LogP contribution in [-0.2, 0) is 13.0 Å². The van der Waals surface area contributed by atoms with Gasteiger partial charge in [-0.1, -0.05) is 53.2 Å². The standard InChI is InChI=1S/C27H22ClN5OS/c28-22-10-3-18(4-11-22)13-14-33-17-25(31-32-33)19-5-7-20(8-6-19)27(34)30-24-16-21(9-12-23(24)29)26-2-1-15-35-26/h1-12,15-17H,13-14,29H2,(H,30,34). The van der Waals surface area contributed by atoms with Gasteiger partial charge in [-0.2, -0.15) is 0 Å². The molecule has 1 amide bonds. The van der Waals surface area contributed by atoms with Gasteiger partial charge in [0, 0.05) is 27.6 Å². The molecule has 3 aromatic carbocycles. The van der Waals surface area contributed by atoms with E-state index in [9.17, 15) is 4.79 Å². The molecule has 0 atom stereocenters. The average molecular weight is 500 g/mol. The van der Waals surface area contributed by atoms with Crippen LogP contribution < -0.4 is 11.1 Å². The third-order valence-corrected chi connectivity index (χ3v) is 6.80. The fraction of sp³-hybridized carbons (Fsp3) is 0.0741. The Morgan fingerprint density at radius 3 is 2.51 bits per heavy atom. The molecule has 0 aliphatic heterocycles. The average Bonchev–Trinajstić information content (AvgIpc) is 3.58. The minimum absolute atomic E-state index is 0.224. The topological polar surface area (TPSA) is 85.8 Å². The lowest BCUT2D eigenvalue weighted by Crippen LogP contribution is -2.13. The zero-order chi connectivity index (χ0) is 24.2. The number of hydrogen-bond donors (Lipinski definition) is 2. The van der Waals surface area contributed by atoms with E-state index in [0.29, 0.717) is 23.5 Å². The van der Waals surface area contributed by atoms with Crippen LogP contribution in [0.2, 0.25) is 5.02 Å². The summed E-state index contributed by atoms with van der Waals surface area (Å²) in [5.74, 6) is -0.224. The Hall–Kier alpha value is -3.94. The van der Waals surface area contributed by atoms with E-state index in [2.05, 4.69) is 15.6 Å². The first-order chi connectivity index (χ1) is 17.0. The minimum Gasteiger partial charge on any atom is -0.397 e. The number of carbonyl (C=O) groups excluding carboxylic acids is 1. The minimum atomic E-state index is -0.224. The number of carbonyl (C=O) groups is 1. The Morgan fingerprint density at radius 1 is 1.00 bits per heavy atom. The predicted octanol–water partition coefficient (Wildman–Crippen LogP) is 6.40. The molecule has 3 N–H and O–H groups in total. The van der Waals surface area contributed by atoms with E-state index in [-0.39, 0.29) is 5.91 Å². The molecule has 174 valence electrons. The molecule has 0 aliphatic carbocycles. The Bertz CT molecular complexity index is 1440. The van der Waals surface area contributed by atoms with E-state index in [0.717, 1.165) is 33.1 Å². The molecule has 0 radical (unpaired) electrons. The molecule has 8 heteroatoms. The summed E-state index contributed by atoms with van der Waals surface area (Å²) >= 11 is 7.58. The quantitative estimate of drug-likeness (QED) is 0.253. The molecule has 0 fully saturated rings. The molecule has 35 heavy (non-hydrogen) atoms. The Labute approximate surface area is 212 Å².